The Hall–Kier alpha value is -2.86. The number of para-hydroxylation sites is 1. The molecule has 0 radical (unpaired) electrons. The summed E-state index contributed by atoms with van der Waals surface area (Å²) < 4.78 is 7.32. The van der Waals surface area contributed by atoms with E-state index in [9.17, 15) is 9.59 Å². The maximum Gasteiger partial charge on any atom is 0.336 e. The van der Waals surface area contributed by atoms with Crippen LogP contribution in [0.5, 0.6) is 0 Å². The van der Waals surface area contributed by atoms with Crippen molar-refractivity contribution < 1.29 is 4.42 Å². The lowest BCUT2D eigenvalue weighted by molar-refractivity contribution is 0.559. The molecule has 0 unspecified atom stereocenters. The standard InChI is InChI=1S/C25H24N2O3S/c1-14(2)19-12-20-16(11-23(28)30-22(20)10-15(19)3)13-31-25-26-21-7-5-4-6-18(21)24(29)27(25)17-8-9-17/h4-7,10-12,14,17H,8-9,13H2,1-3H3. The Kier molecular flexibility index (Phi) is 4.97. The average Bonchev–Trinajstić information content (AvgIpc) is 3.56. The van der Waals surface area contributed by atoms with Crippen molar-refractivity contribution in [2.45, 2.75) is 56.5 Å². The number of hydrogen-bond donors (Lipinski definition) is 0. The lowest BCUT2D eigenvalue weighted by Crippen LogP contribution is -2.22. The third-order valence-corrected chi connectivity index (χ3v) is 6.88. The van der Waals surface area contributed by atoms with Crippen LogP contribution in [0, 0.1) is 6.92 Å². The molecule has 4 aromatic rings. The molecule has 31 heavy (non-hydrogen) atoms. The predicted molar refractivity (Wildman–Crippen MR) is 125 cm³/mol. The van der Waals surface area contributed by atoms with Crippen molar-refractivity contribution in [1.82, 2.24) is 9.55 Å². The molecule has 0 bridgehead atoms. The van der Waals surface area contributed by atoms with Gasteiger partial charge in [-0.15, -0.1) is 0 Å². The third kappa shape index (κ3) is 3.69. The van der Waals surface area contributed by atoms with Gasteiger partial charge in [-0.25, -0.2) is 9.78 Å². The second-order valence-corrected chi connectivity index (χ2v) is 9.50. The van der Waals surface area contributed by atoms with Crippen LogP contribution in [-0.2, 0) is 5.75 Å². The summed E-state index contributed by atoms with van der Waals surface area (Å²) in [6.45, 7) is 6.37. The van der Waals surface area contributed by atoms with Crippen molar-refractivity contribution in [3.63, 3.8) is 0 Å². The maximum atomic E-state index is 13.1. The number of fused-ring (bicyclic) bond motifs is 2. The fourth-order valence-electron chi connectivity index (χ4n) is 4.16. The molecule has 1 fully saturated rings. The van der Waals surface area contributed by atoms with E-state index in [1.165, 1.54) is 17.3 Å². The van der Waals surface area contributed by atoms with Crippen LogP contribution in [0.1, 0.15) is 55.3 Å². The largest absolute Gasteiger partial charge is 0.423 e. The van der Waals surface area contributed by atoms with E-state index in [1.54, 1.807) is 6.07 Å². The van der Waals surface area contributed by atoms with Crippen LogP contribution < -0.4 is 11.2 Å². The molecule has 0 N–H and O–H groups in total. The van der Waals surface area contributed by atoms with Crippen LogP contribution in [0.15, 0.2) is 61.6 Å². The number of nitrogens with zero attached hydrogens (tertiary/aromatic N) is 2. The Balaban J connectivity index is 1.59. The number of hydrogen-bond acceptors (Lipinski definition) is 5. The molecule has 0 amide bonds. The van der Waals surface area contributed by atoms with Crippen LogP contribution in [0.25, 0.3) is 21.9 Å². The number of rotatable bonds is 5. The van der Waals surface area contributed by atoms with Crippen LogP contribution in [0.4, 0.5) is 0 Å². The highest BCUT2D eigenvalue weighted by Crippen LogP contribution is 2.38. The van der Waals surface area contributed by atoms with Gasteiger partial charge in [0.1, 0.15) is 5.58 Å². The van der Waals surface area contributed by atoms with Crippen LogP contribution in [0.3, 0.4) is 0 Å². The Morgan fingerprint density at radius 1 is 1.13 bits per heavy atom. The highest BCUT2D eigenvalue weighted by Gasteiger charge is 2.28. The summed E-state index contributed by atoms with van der Waals surface area (Å²) in [5, 5.41) is 2.31. The molecule has 0 atom stereocenters. The van der Waals surface area contributed by atoms with E-state index in [-0.39, 0.29) is 17.2 Å². The summed E-state index contributed by atoms with van der Waals surface area (Å²) in [4.78, 5) is 30.1. The summed E-state index contributed by atoms with van der Waals surface area (Å²) in [7, 11) is 0. The highest BCUT2D eigenvalue weighted by molar-refractivity contribution is 7.98. The van der Waals surface area contributed by atoms with Gasteiger partial charge in [0, 0.05) is 23.2 Å². The number of aryl methyl sites for hydroxylation is 1. The molecule has 1 saturated carbocycles. The third-order valence-electron chi connectivity index (χ3n) is 5.88. The lowest BCUT2D eigenvalue weighted by atomic mass is 9.95. The zero-order valence-electron chi connectivity index (χ0n) is 17.8. The molecule has 2 heterocycles. The van der Waals surface area contributed by atoms with Crippen LogP contribution in [0.2, 0.25) is 0 Å². The predicted octanol–water partition coefficient (Wildman–Crippen LogP) is 5.56. The maximum absolute atomic E-state index is 13.1. The van der Waals surface area contributed by atoms with Crippen molar-refractivity contribution >= 4 is 33.6 Å². The molecule has 5 nitrogen and oxygen atoms in total. The molecule has 0 spiro atoms. The molecular weight excluding hydrogens is 408 g/mol. The summed E-state index contributed by atoms with van der Waals surface area (Å²) in [6.07, 6.45) is 2.00. The SMILES string of the molecule is Cc1cc2oc(=O)cc(CSc3nc4ccccc4c(=O)n3C3CC3)c2cc1C(C)C. The van der Waals surface area contributed by atoms with Gasteiger partial charge in [-0.05, 0) is 66.6 Å². The van der Waals surface area contributed by atoms with E-state index in [0.717, 1.165) is 29.4 Å². The molecule has 6 heteroatoms. The van der Waals surface area contributed by atoms with E-state index >= 15 is 0 Å². The van der Waals surface area contributed by atoms with E-state index in [1.807, 2.05) is 41.8 Å². The monoisotopic (exact) mass is 432 g/mol. The van der Waals surface area contributed by atoms with E-state index in [2.05, 4.69) is 19.9 Å². The first-order valence-corrected chi connectivity index (χ1v) is 11.6. The molecule has 0 saturated heterocycles. The fourth-order valence-corrected chi connectivity index (χ4v) is 5.21. The molecule has 158 valence electrons. The summed E-state index contributed by atoms with van der Waals surface area (Å²) >= 11 is 1.51. The van der Waals surface area contributed by atoms with Gasteiger partial charge in [0.25, 0.3) is 5.56 Å². The fraction of sp³-hybridized carbons (Fsp3) is 0.320. The first kappa shape index (κ1) is 20.1. The second-order valence-electron chi connectivity index (χ2n) is 8.56. The Morgan fingerprint density at radius 2 is 1.90 bits per heavy atom. The smallest absolute Gasteiger partial charge is 0.336 e. The van der Waals surface area contributed by atoms with Gasteiger partial charge >= 0.3 is 5.63 Å². The van der Waals surface area contributed by atoms with Crippen molar-refractivity contribution in [1.29, 1.82) is 0 Å². The molecule has 5 rings (SSSR count). The van der Waals surface area contributed by atoms with Gasteiger partial charge in [-0.2, -0.15) is 0 Å². The Bertz CT molecular complexity index is 1430. The van der Waals surface area contributed by atoms with Gasteiger partial charge < -0.3 is 4.42 Å². The lowest BCUT2D eigenvalue weighted by Gasteiger charge is -2.14. The van der Waals surface area contributed by atoms with Gasteiger partial charge in [-0.3, -0.25) is 9.36 Å². The van der Waals surface area contributed by atoms with Gasteiger partial charge in [0.05, 0.1) is 10.9 Å². The Morgan fingerprint density at radius 3 is 2.65 bits per heavy atom. The van der Waals surface area contributed by atoms with Crippen molar-refractivity contribution in [3.8, 4) is 0 Å². The molecule has 0 aliphatic heterocycles. The zero-order valence-corrected chi connectivity index (χ0v) is 18.7. The summed E-state index contributed by atoms with van der Waals surface area (Å²) in [5.74, 6) is 0.916. The van der Waals surface area contributed by atoms with Gasteiger partial charge in [-0.1, -0.05) is 37.7 Å². The first-order chi connectivity index (χ1) is 14.9. The topological polar surface area (TPSA) is 65.1 Å². The normalized spacial score (nSPS) is 14.1. The average molecular weight is 433 g/mol. The first-order valence-electron chi connectivity index (χ1n) is 10.6. The number of aromatic nitrogens is 2. The quantitative estimate of drug-likeness (QED) is 0.235. The Labute approximate surface area is 184 Å². The van der Waals surface area contributed by atoms with Crippen LogP contribution >= 0.6 is 11.8 Å². The molecular formula is C25H24N2O3S. The molecule has 1 aliphatic carbocycles. The minimum absolute atomic E-state index is 0.0192. The minimum atomic E-state index is -0.356. The van der Waals surface area contributed by atoms with E-state index in [0.29, 0.717) is 33.3 Å². The number of benzene rings is 2. The van der Waals surface area contributed by atoms with Crippen molar-refractivity contribution in [2.75, 3.05) is 0 Å². The summed E-state index contributed by atoms with van der Waals surface area (Å²) in [6, 6.07) is 13.4. The number of thioether (sulfide) groups is 1. The highest BCUT2D eigenvalue weighted by atomic mass is 32.2. The van der Waals surface area contributed by atoms with E-state index in [4.69, 9.17) is 9.40 Å². The summed E-state index contributed by atoms with van der Waals surface area (Å²) in [5.41, 5.74) is 4.25. The van der Waals surface area contributed by atoms with Gasteiger partial charge in [0.2, 0.25) is 0 Å². The molecule has 1 aliphatic rings. The van der Waals surface area contributed by atoms with Gasteiger partial charge in [0.15, 0.2) is 5.16 Å². The zero-order chi connectivity index (χ0) is 21.7. The van der Waals surface area contributed by atoms with Crippen LogP contribution in [-0.4, -0.2) is 9.55 Å². The van der Waals surface area contributed by atoms with E-state index < -0.39 is 0 Å². The second kappa shape index (κ2) is 7.68. The van der Waals surface area contributed by atoms with Crippen molar-refractivity contribution in [3.05, 3.63) is 79.9 Å². The molecule has 2 aromatic carbocycles. The molecule has 2 aromatic heterocycles. The minimum Gasteiger partial charge on any atom is -0.423 e. The van der Waals surface area contributed by atoms with Crippen molar-refractivity contribution in [2.24, 2.45) is 0 Å².